The van der Waals surface area contributed by atoms with Gasteiger partial charge in [-0.15, -0.1) is 0 Å². The summed E-state index contributed by atoms with van der Waals surface area (Å²) in [7, 11) is 0. The molecule has 1 unspecified atom stereocenters. The largest absolute Gasteiger partial charge is 0.480 e. The third-order valence-corrected chi connectivity index (χ3v) is 3.02. The number of carboxylic acid groups (broad SMARTS) is 1. The molecule has 0 aliphatic rings. The maximum atomic E-state index is 10.7. The second kappa shape index (κ2) is 6.68. The van der Waals surface area contributed by atoms with Crippen molar-refractivity contribution in [3.05, 3.63) is 71.3 Å². The van der Waals surface area contributed by atoms with Crippen molar-refractivity contribution in [2.45, 2.75) is 12.5 Å². The van der Waals surface area contributed by atoms with E-state index in [0.717, 1.165) is 16.7 Å². The normalized spacial score (nSPS) is 12.4. The van der Waals surface area contributed by atoms with Gasteiger partial charge >= 0.3 is 5.97 Å². The van der Waals surface area contributed by atoms with Gasteiger partial charge in [-0.3, -0.25) is 4.79 Å². The molecular formula is C17H17NO2. The standard InChI is InChI=1S/C17H17NO2/c18-16(17(19)20)12-15-10-8-14(9-11-15)7-6-13-4-2-1-3-5-13/h1-11,16H,12,18H2,(H,19,20)/b7-6+. The van der Waals surface area contributed by atoms with Crippen molar-refractivity contribution in [3.8, 4) is 0 Å². The number of aliphatic carboxylic acids is 1. The van der Waals surface area contributed by atoms with Crippen LogP contribution in [0.3, 0.4) is 0 Å². The third-order valence-electron chi connectivity index (χ3n) is 3.02. The van der Waals surface area contributed by atoms with Crippen LogP contribution in [0.25, 0.3) is 12.2 Å². The monoisotopic (exact) mass is 267 g/mol. The molecule has 2 aromatic rings. The van der Waals surface area contributed by atoms with E-state index < -0.39 is 12.0 Å². The lowest BCUT2D eigenvalue weighted by Crippen LogP contribution is -2.32. The Morgan fingerprint density at radius 1 is 1.00 bits per heavy atom. The highest BCUT2D eigenvalue weighted by molar-refractivity contribution is 5.73. The summed E-state index contributed by atoms with van der Waals surface area (Å²) < 4.78 is 0. The molecule has 2 aromatic carbocycles. The lowest BCUT2D eigenvalue weighted by molar-refractivity contribution is -0.138. The number of rotatable bonds is 5. The van der Waals surface area contributed by atoms with E-state index in [4.69, 9.17) is 10.8 Å². The lowest BCUT2D eigenvalue weighted by atomic mass is 10.0. The lowest BCUT2D eigenvalue weighted by Gasteiger charge is -2.06. The van der Waals surface area contributed by atoms with Crippen LogP contribution in [-0.4, -0.2) is 17.1 Å². The van der Waals surface area contributed by atoms with E-state index in [1.807, 2.05) is 66.7 Å². The molecule has 102 valence electrons. The molecule has 0 fully saturated rings. The van der Waals surface area contributed by atoms with Gasteiger partial charge in [0.15, 0.2) is 0 Å². The minimum Gasteiger partial charge on any atom is -0.480 e. The van der Waals surface area contributed by atoms with Crippen molar-refractivity contribution in [1.82, 2.24) is 0 Å². The van der Waals surface area contributed by atoms with Crippen LogP contribution in [0.5, 0.6) is 0 Å². The molecule has 0 heterocycles. The fourth-order valence-electron chi connectivity index (χ4n) is 1.86. The predicted octanol–water partition coefficient (Wildman–Crippen LogP) is 2.81. The first kappa shape index (κ1) is 14.0. The molecule has 0 saturated heterocycles. The van der Waals surface area contributed by atoms with E-state index in [1.54, 1.807) is 0 Å². The summed E-state index contributed by atoms with van der Waals surface area (Å²) in [6.07, 6.45) is 4.41. The molecule has 3 N–H and O–H groups in total. The summed E-state index contributed by atoms with van der Waals surface area (Å²) in [6, 6.07) is 17.0. The molecule has 0 aromatic heterocycles. The van der Waals surface area contributed by atoms with E-state index in [-0.39, 0.29) is 0 Å². The van der Waals surface area contributed by atoms with Crippen LogP contribution >= 0.6 is 0 Å². The summed E-state index contributed by atoms with van der Waals surface area (Å²) in [5.74, 6) is -0.974. The van der Waals surface area contributed by atoms with E-state index in [1.165, 1.54) is 0 Å². The van der Waals surface area contributed by atoms with Crippen molar-refractivity contribution >= 4 is 18.1 Å². The summed E-state index contributed by atoms with van der Waals surface area (Å²) >= 11 is 0. The Hall–Kier alpha value is -2.39. The van der Waals surface area contributed by atoms with Gasteiger partial charge in [-0.25, -0.2) is 0 Å². The molecule has 0 bridgehead atoms. The first-order valence-corrected chi connectivity index (χ1v) is 6.45. The van der Waals surface area contributed by atoms with Gasteiger partial charge in [0.2, 0.25) is 0 Å². The van der Waals surface area contributed by atoms with Crippen molar-refractivity contribution in [2.75, 3.05) is 0 Å². The van der Waals surface area contributed by atoms with E-state index in [9.17, 15) is 4.79 Å². The fraction of sp³-hybridized carbons (Fsp3) is 0.118. The van der Waals surface area contributed by atoms with Crippen LogP contribution < -0.4 is 5.73 Å². The third kappa shape index (κ3) is 4.07. The highest BCUT2D eigenvalue weighted by atomic mass is 16.4. The van der Waals surface area contributed by atoms with E-state index in [0.29, 0.717) is 6.42 Å². The number of hydrogen-bond donors (Lipinski definition) is 2. The molecule has 1 atom stereocenters. The predicted molar refractivity (Wildman–Crippen MR) is 81.1 cm³/mol. The highest BCUT2D eigenvalue weighted by Crippen LogP contribution is 2.10. The topological polar surface area (TPSA) is 63.3 Å². The molecule has 3 heteroatoms. The Bertz CT molecular complexity index is 588. The smallest absolute Gasteiger partial charge is 0.320 e. The van der Waals surface area contributed by atoms with Crippen LogP contribution in [0.15, 0.2) is 54.6 Å². The van der Waals surface area contributed by atoms with Gasteiger partial charge in [-0.05, 0) is 23.1 Å². The molecule has 0 aliphatic heterocycles. The van der Waals surface area contributed by atoms with E-state index >= 15 is 0 Å². The van der Waals surface area contributed by atoms with Crippen LogP contribution in [0, 0.1) is 0 Å². The van der Waals surface area contributed by atoms with E-state index in [2.05, 4.69) is 0 Å². The van der Waals surface area contributed by atoms with Crippen molar-refractivity contribution in [2.24, 2.45) is 5.73 Å². The average Bonchev–Trinajstić information content (AvgIpc) is 2.47. The first-order valence-electron chi connectivity index (χ1n) is 6.45. The summed E-state index contributed by atoms with van der Waals surface area (Å²) in [6.45, 7) is 0. The molecule has 2 rings (SSSR count). The Labute approximate surface area is 118 Å². The second-order valence-electron chi connectivity index (χ2n) is 4.63. The minimum atomic E-state index is -0.974. The zero-order valence-corrected chi connectivity index (χ0v) is 11.1. The quantitative estimate of drug-likeness (QED) is 0.819. The van der Waals surface area contributed by atoms with Crippen molar-refractivity contribution < 1.29 is 9.90 Å². The SMILES string of the molecule is NC(Cc1ccc(/C=C/c2ccccc2)cc1)C(=O)O. The van der Waals surface area contributed by atoms with Gasteiger partial charge in [0, 0.05) is 0 Å². The van der Waals surface area contributed by atoms with Crippen LogP contribution in [0.2, 0.25) is 0 Å². The van der Waals surface area contributed by atoms with Crippen LogP contribution in [-0.2, 0) is 11.2 Å². The molecule has 0 spiro atoms. The maximum Gasteiger partial charge on any atom is 0.320 e. The number of benzene rings is 2. The second-order valence-corrected chi connectivity index (χ2v) is 4.63. The number of carboxylic acids is 1. The molecule has 3 nitrogen and oxygen atoms in total. The summed E-state index contributed by atoms with van der Waals surface area (Å²) in [5, 5.41) is 8.77. The molecule has 0 saturated carbocycles. The zero-order valence-electron chi connectivity index (χ0n) is 11.1. The Morgan fingerprint density at radius 2 is 1.55 bits per heavy atom. The Balaban J connectivity index is 2.02. The molecule has 0 amide bonds. The Morgan fingerprint density at radius 3 is 2.10 bits per heavy atom. The van der Waals surface area contributed by atoms with Gasteiger partial charge in [-0.2, -0.15) is 0 Å². The van der Waals surface area contributed by atoms with Gasteiger partial charge in [0.25, 0.3) is 0 Å². The van der Waals surface area contributed by atoms with Crippen LogP contribution in [0.1, 0.15) is 16.7 Å². The molecule has 20 heavy (non-hydrogen) atoms. The summed E-state index contributed by atoms with van der Waals surface area (Å²) in [4.78, 5) is 10.7. The first-order chi connectivity index (χ1) is 9.65. The number of nitrogens with two attached hydrogens (primary N) is 1. The molecule has 0 radical (unpaired) electrons. The molecule has 0 aliphatic carbocycles. The Kier molecular flexibility index (Phi) is 4.69. The van der Waals surface area contributed by atoms with Gasteiger partial charge in [0.1, 0.15) is 6.04 Å². The fourth-order valence-corrected chi connectivity index (χ4v) is 1.86. The molecular weight excluding hydrogens is 250 g/mol. The van der Waals surface area contributed by atoms with Crippen LogP contribution in [0.4, 0.5) is 0 Å². The van der Waals surface area contributed by atoms with Crippen molar-refractivity contribution in [3.63, 3.8) is 0 Å². The van der Waals surface area contributed by atoms with Gasteiger partial charge in [0.05, 0.1) is 0 Å². The number of hydrogen-bond acceptors (Lipinski definition) is 2. The van der Waals surface area contributed by atoms with Gasteiger partial charge < -0.3 is 10.8 Å². The van der Waals surface area contributed by atoms with Gasteiger partial charge in [-0.1, -0.05) is 66.7 Å². The van der Waals surface area contributed by atoms with Crippen molar-refractivity contribution in [1.29, 1.82) is 0 Å². The summed E-state index contributed by atoms with van der Waals surface area (Å²) in [5.41, 5.74) is 8.65. The maximum absolute atomic E-state index is 10.7. The average molecular weight is 267 g/mol. The minimum absolute atomic E-state index is 0.345. The number of carbonyl (C=O) groups is 1. The zero-order chi connectivity index (χ0) is 14.4. The highest BCUT2D eigenvalue weighted by Gasteiger charge is 2.11.